The van der Waals surface area contributed by atoms with Crippen molar-refractivity contribution in [3.8, 4) is 0 Å². The number of hydrogen-bond acceptors (Lipinski definition) is 2. The van der Waals surface area contributed by atoms with Gasteiger partial charge in [-0.05, 0) is 38.2 Å². The van der Waals surface area contributed by atoms with E-state index in [9.17, 15) is 4.79 Å². The average Bonchev–Trinajstić information content (AvgIpc) is 2.35. The maximum absolute atomic E-state index is 11.0. The van der Waals surface area contributed by atoms with E-state index in [2.05, 4.69) is 24.3 Å². The van der Waals surface area contributed by atoms with Crippen LogP contribution < -0.4 is 0 Å². The van der Waals surface area contributed by atoms with Crippen molar-refractivity contribution < 1.29 is 9.53 Å². The predicted octanol–water partition coefficient (Wildman–Crippen LogP) is 3.27. The zero-order valence-corrected chi connectivity index (χ0v) is 10.2. The van der Waals surface area contributed by atoms with Crippen LogP contribution in [-0.2, 0) is 16.0 Å². The van der Waals surface area contributed by atoms with Gasteiger partial charge in [0.15, 0.2) is 0 Å². The minimum atomic E-state index is -0.138. The van der Waals surface area contributed by atoms with Crippen LogP contribution >= 0.6 is 0 Å². The summed E-state index contributed by atoms with van der Waals surface area (Å²) >= 11 is 0. The monoisotopic (exact) mass is 230 g/mol. The summed E-state index contributed by atoms with van der Waals surface area (Å²) in [7, 11) is 0. The lowest BCUT2D eigenvalue weighted by molar-refractivity contribution is -0.154. The second-order valence-corrected chi connectivity index (χ2v) is 4.44. The van der Waals surface area contributed by atoms with Crippen LogP contribution in [-0.4, -0.2) is 12.1 Å². The molecule has 1 saturated heterocycles. The maximum atomic E-state index is 11.0. The lowest BCUT2D eigenvalue weighted by Gasteiger charge is -2.25. The number of unbranched alkanes of at least 4 members (excludes halogenated alkanes) is 2. The Morgan fingerprint density at radius 3 is 2.65 bits per heavy atom. The van der Waals surface area contributed by atoms with Gasteiger partial charge in [0.2, 0.25) is 0 Å². The predicted molar refractivity (Wildman–Crippen MR) is 67.6 cm³/mol. The van der Waals surface area contributed by atoms with Gasteiger partial charge < -0.3 is 4.74 Å². The van der Waals surface area contributed by atoms with E-state index in [0.29, 0.717) is 0 Å². The largest absolute Gasteiger partial charge is 0.454 e. The van der Waals surface area contributed by atoms with Gasteiger partial charge in [0.05, 0.1) is 5.57 Å². The molecule has 0 aromatic heterocycles. The van der Waals surface area contributed by atoms with E-state index in [1.165, 1.54) is 5.56 Å². The molecule has 0 aliphatic carbocycles. The molecule has 2 rings (SSSR count). The first-order chi connectivity index (χ1) is 8.27. The summed E-state index contributed by atoms with van der Waals surface area (Å²) in [6.45, 7) is 1.91. The van der Waals surface area contributed by atoms with E-state index in [0.717, 1.165) is 31.3 Å². The molecular formula is C15H18O2. The van der Waals surface area contributed by atoms with Crippen molar-refractivity contribution in [3.05, 3.63) is 47.5 Å². The molecule has 1 heterocycles. The van der Waals surface area contributed by atoms with E-state index in [-0.39, 0.29) is 12.1 Å². The smallest absolute Gasteiger partial charge is 0.338 e. The van der Waals surface area contributed by atoms with Gasteiger partial charge >= 0.3 is 5.97 Å². The standard InChI is InChI=1S/C15H18O2/c1-12-14(15(16)17-12)11-7-3-6-10-13-8-4-2-5-9-13/h2,4-5,8-9,11-12H,3,6-7,10H2,1H3/b14-11-. The van der Waals surface area contributed by atoms with E-state index in [1.807, 2.05) is 19.1 Å². The molecule has 1 aromatic rings. The van der Waals surface area contributed by atoms with Crippen LogP contribution in [0.1, 0.15) is 31.7 Å². The Morgan fingerprint density at radius 2 is 2.00 bits per heavy atom. The van der Waals surface area contributed by atoms with Gasteiger partial charge in [0.25, 0.3) is 0 Å². The number of ether oxygens (including phenoxy) is 1. The molecule has 0 amide bonds. The topological polar surface area (TPSA) is 26.3 Å². The van der Waals surface area contributed by atoms with Crippen LogP contribution in [0.3, 0.4) is 0 Å². The molecule has 1 unspecified atom stereocenters. The quantitative estimate of drug-likeness (QED) is 0.441. The minimum Gasteiger partial charge on any atom is -0.454 e. The summed E-state index contributed by atoms with van der Waals surface area (Å²) in [6.07, 6.45) is 6.42. The minimum absolute atomic E-state index is 0.0108. The van der Waals surface area contributed by atoms with Crippen LogP contribution in [0, 0.1) is 0 Å². The average molecular weight is 230 g/mol. The molecule has 2 nitrogen and oxygen atoms in total. The molecule has 1 fully saturated rings. The number of hydrogen-bond donors (Lipinski definition) is 0. The van der Waals surface area contributed by atoms with E-state index in [4.69, 9.17) is 4.74 Å². The highest BCUT2D eigenvalue weighted by Crippen LogP contribution is 2.21. The summed E-state index contributed by atoms with van der Waals surface area (Å²) in [5.74, 6) is -0.138. The number of benzene rings is 1. The Hall–Kier alpha value is -1.57. The van der Waals surface area contributed by atoms with Gasteiger partial charge in [-0.3, -0.25) is 0 Å². The van der Waals surface area contributed by atoms with Crippen LogP contribution in [0.4, 0.5) is 0 Å². The molecule has 0 saturated carbocycles. The fourth-order valence-corrected chi connectivity index (χ4v) is 2.02. The van der Waals surface area contributed by atoms with Gasteiger partial charge in [-0.2, -0.15) is 0 Å². The number of carbonyl (C=O) groups is 1. The first-order valence-corrected chi connectivity index (χ1v) is 6.22. The second-order valence-electron chi connectivity index (χ2n) is 4.44. The van der Waals surface area contributed by atoms with E-state index in [1.54, 1.807) is 0 Å². The molecule has 1 aliphatic rings. The van der Waals surface area contributed by atoms with Gasteiger partial charge in [-0.15, -0.1) is 0 Å². The van der Waals surface area contributed by atoms with Crippen molar-refractivity contribution >= 4 is 5.97 Å². The van der Waals surface area contributed by atoms with Crippen LogP contribution in [0.2, 0.25) is 0 Å². The molecular weight excluding hydrogens is 212 g/mol. The van der Waals surface area contributed by atoms with Crippen LogP contribution in [0.15, 0.2) is 42.0 Å². The normalized spacial score (nSPS) is 21.1. The van der Waals surface area contributed by atoms with Crippen LogP contribution in [0.5, 0.6) is 0 Å². The van der Waals surface area contributed by atoms with Crippen molar-refractivity contribution in [2.24, 2.45) is 0 Å². The molecule has 0 spiro atoms. The van der Waals surface area contributed by atoms with Gasteiger partial charge in [-0.25, -0.2) is 4.79 Å². The summed E-state index contributed by atoms with van der Waals surface area (Å²) in [5.41, 5.74) is 2.24. The van der Waals surface area contributed by atoms with Gasteiger partial charge in [0.1, 0.15) is 6.10 Å². The Balaban J connectivity index is 1.66. The van der Waals surface area contributed by atoms with Gasteiger partial charge in [0, 0.05) is 0 Å². The number of cyclic esters (lactones) is 1. The number of rotatable bonds is 5. The highest BCUT2D eigenvalue weighted by molar-refractivity contribution is 5.95. The highest BCUT2D eigenvalue weighted by Gasteiger charge is 2.30. The summed E-state index contributed by atoms with van der Waals surface area (Å²) in [5, 5.41) is 0. The van der Waals surface area contributed by atoms with E-state index >= 15 is 0 Å². The molecule has 2 heteroatoms. The fourth-order valence-electron chi connectivity index (χ4n) is 2.02. The van der Waals surface area contributed by atoms with Gasteiger partial charge in [-0.1, -0.05) is 36.4 Å². The lowest BCUT2D eigenvalue weighted by Crippen LogP contribution is -2.33. The third-order valence-electron chi connectivity index (χ3n) is 3.08. The highest BCUT2D eigenvalue weighted by atomic mass is 16.6. The number of aryl methyl sites for hydroxylation is 1. The van der Waals surface area contributed by atoms with Crippen molar-refractivity contribution in [2.45, 2.75) is 38.7 Å². The Bertz CT molecular complexity index is 406. The molecule has 90 valence electrons. The summed E-state index contributed by atoms with van der Waals surface area (Å²) in [6, 6.07) is 10.5. The molecule has 0 N–H and O–H groups in total. The van der Waals surface area contributed by atoms with Crippen molar-refractivity contribution in [1.29, 1.82) is 0 Å². The lowest BCUT2D eigenvalue weighted by atomic mass is 10.0. The second kappa shape index (κ2) is 5.67. The zero-order chi connectivity index (χ0) is 12.1. The Kier molecular flexibility index (Phi) is 3.97. The first-order valence-electron chi connectivity index (χ1n) is 6.22. The third kappa shape index (κ3) is 3.19. The fraction of sp³-hybridized carbons (Fsp3) is 0.400. The number of allylic oxidation sites excluding steroid dienone is 1. The molecule has 1 aliphatic heterocycles. The van der Waals surface area contributed by atoms with Crippen molar-refractivity contribution in [3.63, 3.8) is 0 Å². The Morgan fingerprint density at radius 1 is 1.24 bits per heavy atom. The molecule has 0 bridgehead atoms. The molecule has 1 aromatic carbocycles. The summed E-state index contributed by atoms with van der Waals surface area (Å²) < 4.78 is 4.87. The third-order valence-corrected chi connectivity index (χ3v) is 3.08. The summed E-state index contributed by atoms with van der Waals surface area (Å²) in [4.78, 5) is 11.0. The van der Waals surface area contributed by atoms with Crippen molar-refractivity contribution in [2.75, 3.05) is 0 Å². The maximum Gasteiger partial charge on any atom is 0.338 e. The molecule has 17 heavy (non-hydrogen) atoms. The van der Waals surface area contributed by atoms with E-state index < -0.39 is 0 Å². The SMILES string of the molecule is CC1OC(=O)/C1=C\CCCCc1ccccc1. The Labute approximate surface area is 102 Å². The van der Waals surface area contributed by atoms with Crippen LogP contribution in [0.25, 0.3) is 0 Å². The number of esters is 1. The number of carbonyl (C=O) groups excluding carboxylic acids is 1. The first kappa shape index (κ1) is 11.9. The van der Waals surface area contributed by atoms with Crippen molar-refractivity contribution in [1.82, 2.24) is 0 Å². The molecule has 1 atom stereocenters. The molecule has 0 radical (unpaired) electrons. The zero-order valence-electron chi connectivity index (χ0n) is 10.2.